The van der Waals surface area contributed by atoms with Crippen molar-refractivity contribution in [3.8, 4) is 11.3 Å². The molecule has 0 spiro atoms. The summed E-state index contributed by atoms with van der Waals surface area (Å²) >= 11 is 1.62. The molecule has 288 valence electrons. The van der Waals surface area contributed by atoms with Crippen molar-refractivity contribution in [3.63, 3.8) is 0 Å². The van der Waals surface area contributed by atoms with Crippen molar-refractivity contribution in [2.45, 2.75) is 6.42 Å². The van der Waals surface area contributed by atoms with Gasteiger partial charge in [0.1, 0.15) is 24.2 Å². The number of carbonyl (C=O) groups excluding carboxylic acids is 2. The van der Waals surface area contributed by atoms with Gasteiger partial charge in [0.25, 0.3) is 0 Å². The summed E-state index contributed by atoms with van der Waals surface area (Å²) in [6.45, 7) is 4.66. The number of fused-ring (bicyclic) bond motifs is 1. The third kappa shape index (κ3) is 10.7. The molecule has 17 nitrogen and oxygen atoms in total. The molecule has 6 heterocycles. The number of likely N-dealkylation sites (tertiary alicyclic amines) is 1. The molecule has 4 aromatic heterocycles. The van der Waals surface area contributed by atoms with E-state index in [9.17, 15) is 14.0 Å². The number of nitrogens with zero attached hydrogens (tertiary/aromatic N) is 9. The quantitative estimate of drug-likeness (QED) is 0.110. The van der Waals surface area contributed by atoms with Crippen LogP contribution < -0.4 is 21.1 Å². The van der Waals surface area contributed by atoms with Crippen LogP contribution in [0.1, 0.15) is 6.42 Å². The van der Waals surface area contributed by atoms with Crippen LogP contribution in [0.5, 0.6) is 0 Å². The normalized spacial score (nSPS) is 15.3. The molecule has 8 rings (SSSR count). The second-order valence-electron chi connectivity index (χ2n) is 12.8. The number of anilines is 2. The van der Waals surface area contributed by atoms with E-state index in [1.807, 2.05) is 34.7 Å². The van der Waals surface area contributed by atoms with Gasteiger partial charge >= 0.3 is 14.2 Å². The van der Waals surface area contributed by atoms with Crippen LogP contribution in [0.25, 0.3) is 22.2 Å². The van der Waals surface area contributed by atoms with Crippen LogP contribution in [-0.2, 0) is 9.59 Å². The number of aromatic nitrogens is 7. The lowest BCUT2D eigenvalue weighted by atomic mass is 9.80. The van der Waals surface area contributed by atoms with Crippen molar-refractivity contribution < 1.29 is 34.1 Å². The fourth-order valence-corrected chi connectivity index (χ4v) is 6.75. The number of hydrogen-bond acceptors (Lipinski definition) is 15. The molecule has 2 fully saturated rings. The van der Waals surface area contributed by atoms with Gasteiger partial charge in [-0.1, -0.05) is 12.1 Å². The lowest BCUT2D eigenvalue weighted by molar-refractivity contribution is -0.132. The molecule has 2 saturated heterocycles. The maximum absolute atomic E-state index is 13.0. The van der Waals surface area contributed by atoms with Crippen LogP contribution in [0.15, 0.2) is 91.5 Å². The predicted molar refractivity (Wildman–Crippen MR) is 209 cm³/mol. The van der Waals surface area contributed by atoms with E-state index in [-0.39, 0.29) is 23.5 Å². The maximum atomic E-state index is 13.0. The van der Waals surface area contributed by atoms with Crippen LogP contribution in [-0.4, -0.2) is 137 Å². The molecule has 0 saturated carbocycles. The van der Waals surface area contributed by atoms with Crippen LogP contribution in [0, 0.1) is 11.7 Å². The van der Waals surface area contributed by atoms with Crippen molar-refractivity contribution in [3.05, 3.63) is 97.3 Å². The lowest BCUT2D eigenvalue weighted by Crippen LogP contribution is -2.51. The van der Waals surface area contributed by atoms with Gasteiger partial charge in [0.05, 0.1) is 18.0 Å². The van der Waals surface area contributed by atoms with Crippen LogP contribution >= 0.6 is 11.3 Å². The lowest BCUT2D eigenvalue weighted by Gasteiger charge is -2.35. The fourth-order valence-electron chi connectivity index (χ4n) is 6.06. The highest BCUT2D eigenvalue weighted by molar-refractivity contribution is 7.13. The Labute approximate surface area is 325 Å². The van der Waals surface area contributed by atoms with E-state index in [4.69, 9.17) is 20.1 Å². The summed E-state index contributed by atoms with van der Waals surface area (Å²) in [5.41, 5.74) is 3.72. The van der Waals surface area contributed by atoms with E-state index in [2.05, 4.69) is 50.2 Å². The molecular weight excluding hydrogens is 743 g/mol. The predicted octanol–water partition coefficient (Wildman–Crippen LogP) is -0.252. The van der Waals surface area contributed by atoms with Crippen molar-refractivity contribution in [2.24, 2.45) is 5.92 Å². The molecule has 2 aliphatic rings. The van der Waals surface area contributed by atoms with E-state index in [0.29, 0.717) is 42.8 Å². The Balaban J connectivity index is 0.000000228. The van der Waals surface area contributed by atoms with E-state index < -0.39 is 14.2 Å². The molecule has 6 N–H and O–H groups in total. The number of aromatic amines is 1. The molecule has 0 radical (unpaired) electrons. The summed E-state index contributed by atoms with van der Waals surface area (Å²) in [5, 5.41) is 48.4. The molecular formula is C35H38B2FN11O6S. The SMILES string of the molecule is O=C(Nc1ccc2[nH]nc(-c3cncnc3)c2c1)[C@@H]1CCN(CC(=O)N2CCN(c3nccs3)CC2)C1.OB(O)c1ccc(F)cc1.OB(O)c1cncnc1. The van der Waals surface area contributed by atoms with Gasteiger partial charge < -0.3 is 35.2 Å². The number of thiazole rings is 1. The number of H-pyrrole nitrogens is 1. The Morgan fingerprint density at radius 3 is 2.18 bits per heavy atom. The Morgan fingerprint density at radius 1 is 0.875 bits per heavy atom. The topological polar surface area (TPSA) is 230 Å². The standard InChI is InChI=1S/C25H27N9O2S.C6H6BFO2.C4H5BN2O2/c35-22(33-6-8-34(9-7-33)25-28-4-10-37-25)15-32-5-3-17(14-32)24(36)29-19-1-2-21-20(11-19)23(31-30-21)18-12-26-16-27-13-18;8-6-3-1-5(2-4-6)7(9)10;8-5(9)4-1-6-3-7-2-4/h1-2,4,10-13,16-17H,3,5-9,14-15H2,(H,29,36)(H,30,31);1-4,9-10H;1-3,8-9H/t17-;;/m1../s1. The van der Waals surface area contributed by atoms with Crippen molar-refractivity contribution in [1.29, 1.82) is 0 Å². The Kier molecular flexibility index (Phi) is 13.7. The molecule has 2 aromatic carbocycles. The molecule has 0 unspecified atom stereocenters. The number of piperazine rings is 1. The Morgan fingerprint density at radius 2 is 1.55 bits per heavy atom. The summed E-state index contributed by atoms with van der Waals surface area (Å²) in [7, 11) is -2.98. The van der Waals surface area contributed by atoms with Gasteiger partial charge in [-0.2, -0.15) is 5.10 Å². The van der Waals surface area contributed by atoms with E-state index >= 15 is 0 Å². The molecule has 2 aliphatic heterocycles. The van der Waals surface area contributed by atoms with Gasteiger partial charge in [0.2, 0.25) is 11.8 Å². The van der Waals surface area contributed by atoms with Crippen molar-refractivity contribution in [1.82, 2.24) is 44.9 Å². The van der Waals surface area contributed by atoms with Crippen LogP contribution in [0.3, 0.4) is 0 Å². The van der Waals surface area contributed by atoms with Gasteiger partial charge in [0, 0.05) is 91.2 Å². The Bertz CT molecular complexity index is 2150. The summed E-state index contributed by atoms with van der Waals surface area (Å²) in [4.78, 5) is 51.8. The molecule has 6 aromatic rings. The summed E-state index contributed by atoms with van der Waals surface area (Å²) < 4.78 is 12.2. The number of amides is 2. The fraction of sp³-hybridized carbons (Fsp3) is 0.257. The van der Waals surface area contributed by atoms with Gasteiger partial charge in [-0.15, -0.1) is 11.3 Å². The third-order valence-electron chi connectivity index (χ3n) is 9.04. The molecule has 0 bridgehead atoms. The van der Waals surface area contributed by atoms with E-state index in [1.54, 1.807) is 23.7 Å². The second kappa shape index (κ2) is 19.2. The zero-order valence-electron chi connectivity index (χ0n) is 30.0. The first-order valence-corrected chi connectivity index (χ1v) is 18.4. The van der Waals surface area contributed by atoms with E-state index in [0.717, 1.165) is 53.3 Å². The molecule has 2 amide bonds. The van der Waals surface area contributed by atoms with E-state index in [1.165, 1.54) is 49.3 Å². The number of carbonyl (C=O) groups is 2. The minimum atomic E-state index is -1.51. The number of rotatable bonds is 8. The first-order chi connectivity index (χ1) is 27.1. The third-order valence-corrected chi connectivity index (χ3v) is 9.87. The first-order valence-electron chi connectivity index (χ1n) is 17.6. The first kappa shape index (κ1) is 40.0. The minimum Gasteiger partial charge on any atom is -0.423 e. The number of nitrogens with one attached hydrogen (secondary N) is 2. The van der Waals surface area contributed by atoms with Crippen LogP contribution in [0.2, 0.25) is 0 Å². The highest BCUT2D eigenvalue weighted by Crippen LogP contribution is 2.28. The average molecular weight is 781 g/mol. The highest BCUT2D eigenvalue weighted by atomic mass is 32.1. The monoisotopic (exact) mass is 781 g/mol. The summed E-state index contributed by atoms with van der Waals surface area (Å²) in [6, 6.07) is 10.7. The smallest absolute Gasteiger partial charge is 0.423 e. The van der Waals surface area contributed by atoms with Crippen molar-refractivity contribution in [2.75, 3.05) is 56.0 Å². The summed E-state index contributed by atoms with van der Waals surface area (Å²) in [5.74, 6) is -0.442. The van der Waals surface area contributed by atoms with Crippen molar-refractivity contribution >= 4 is 70.0 Å². The number of hydrogen-bond donors (Lipinski definition) is 6. The van der Waals surface area contributed by atoms with Gasteiger partial charge in [0.15, 0.2) is 5.13 Å². The molecule has 0 aliphatic carbocycles. The molecule has 21 heteroatoms. The zero-order valence-corrected chi connectivity index (χ0v) is 30.8. The number of halogens is 1. The van der Waals surface area contributed by atoms with Gasteiger partial charge in [-0.05, 0) is 48.8 Å². The van der Waals surface area contributed by atoms with Gasteiger partial charge in [-0.25, -0.2) is 29.3 Å². The average Bonchev–Trinajstić information content (AvgIpc) is 4.02. The maximum Gasteiger partial charge on any atom is 0.491 e. The zero-order chi connectivity index (χ0) is 39.4. The van der Waals surface area contributed by atoms with Crippen LogP contribution in [0.4, 0.5) is 15.2 Å². The Hall–Kier alpha value is -5.70. The minimum absolute atomic E-state index is 0.0283. The largest absolute Gasteiger partial charge is 0.491 e. The summed E-state index contributed by atoms with van der Waals surface area (Å²) in [6.07, 6.45) is 11.5. The van der Waals surface area contributed by atoms with Gasteiger partial charge in [-0.3, -0.25) is 19.6 Å². The second-order valence-corrected chi connectivity index (χ2v) is 13.7. The molecule has 56 heavy (non-hydrogen) atoms. The number of benzene rings is 2. The highest BCUT2D eigenvalue weighted by Gasteiger charge is 2.31. The molecule has 1 atom stereocenters.